The van der Waals surface area contributed by atoms with Crippen molar-refractivity contribution in [3.8, 4) is 22.3 Å². The van der Waals surface area contributed by atoms with Gasteiger partial charge in [-0.2, -0.15) is 0 Å². The number of rotatable bonds is 6. The summed E-state index contributed by atoms with van der Waals surface area (Å²) in [4.78, 5) is 2.37. The predicted octanol–water partition coefficient (Wildman–Crippen LogP) is 16.1. The molecule has 12 aromatic rings. The number of furan rings is 2. The van der Waals surface area contributed by atoms with Gasteiger partial charge in [0.15, 0.2) is 0 Å². The molecule has 0 bridgehead atoms. The Labute approximate surface area is 358 Å². The highest BCUT2D eigenvalue weighted by molar-refractivity contribution is 6.15. The molecule has 0 radical (unpaired) electrons. The zero-order chi connectivity index (χ0) is 40.8. The quantitative estimate of drug-likeness (QED) is 0.168. The van der Waals surface area contributed by atoms with Gasteiger partial charge >= 0.3 is 0 Å². The van der Waals surface area contributed by atoms with Crippen molar-refractivity contribution in [3.05, 3.63) is 247 Å². The standard InChI is InChI=1S/C59H37NO2/c1-3-14-38(15-4-1)39-26-28-44(29-27-39)60(45-19-13-18-43(36-45)59(42-16-5-2-6-17-42)53-23-10-7-20-47(53)48-21-8-11-24-54(48)59)46-30-31-50-52-33-41-34-56-51(49-22-9-12-25-55(49)61-56)32-40(41)35-57(52)62-58(50)37-46/h1-37H. The van der Waals surface area contributed by atoms with Crippen LogP contribution in [0.25, 0.3) is 76.9 Å². The maximum atomic E-state index is 6.79. The van der Waals surface area contributed by atoms with E-state index in [0.717, 1.165) is 71.7 Å². The summed E-state index contributed by atoms with van der Waals surface area (Å²) in [6, 6.07) is 81.2. The molecule has 62 heavy (non-hydrogen) atoms. The fourth-order valence-electron chi connectivity index (χ4n) is 10.3. The van der Waals surface area contributed by atoms with Crippen LogP contribution in [0.2, 0.25) is 0 Å². The molecule has 13 rings (SSSR count). The van der Waals surface area contributed by atoms with E-state index >= 15 is 0 Å². The van der Waals surface area contributed by atoms with Crippen LogP contribution in [0.5, 0.6) is 0 Å². The third-order valence-electron chi connectivity index (χ3n) is 13.1. The first-order chi connectivity index (χ1) is 30.7. The first kappa shape index (κ1) is 34.7. The molecular weight excluding hydrogens is 755 g/mol. The summed E-state index contributed by atoms with van der Waals surface area (Å²) in [5.74, 6) is 0. The number of nitrogens with zero attached hydrogens (tertiary/aromatic N) is 1. The Morgan fingerprint density at radius 3 is 1.53 bits per heavy atom. The summed E-state index contributed by atoms with van der Waals surface area (Å²) < 4.78 is 13.1. The van der Waals surface area contributed by atoms with Crippen molar-refractivity contribution in [1.29, 1.82) is 0 Å². The summed E-state index contributed by atoms with van der Waals surface area (Å²) in [6.45, 7) is 0. The van der Waals surface area contributed by atoms with E-state index in [1.165, 1.54) is 44.5 Å². The minimum atomic E-state index is -0.523. The molecule has 1 aliphatic rings. The second-order valence-corrected chi connectivity index (χ2v) is 16.4. The lowest BCUT2D eigenvalue weighted by molar-refractivity contribution is 0.668. The molecule has 0 N–H and O–H groups in total. The van der Waals surface area contributed by atoms with Crippen LogP contribution in [-0.2, 0) is 5.41 Å². The Morgan fingerprint density at radius 2 is 0.823 bits per heavy atom. The summed E-state index contributed by atoms with van der Waals surface area (Å²) in [5, 5.41) is 6.63. The Bertz CT molecular complexity index is 3650. The van der Waals surface area contributed by atoms with Gasteiger partial charge in [-0.3, -0.25) is 0 Å². The third-order valence-corrected chi connectivity index (χ3v) is 13.1. The largest absolute Gasteiger partial charge is 0.456 e. The topological polar surface area (TPSA) is 29.5 Å². The van der Waals surface area contributed by atoms with Crippen molar-refractivity contribution in [1.82, 2.24) is 0 Å². The second kappa shape index (κ2) is 13.4. The highest BCUT2D eigenvalue weighted by Crippen LogP contribution is 2.56. The second-order valence-electron chi connectivity index (χ2n) is 16.4. The van der Waals surface area contributed by atoms with Crippen LogP contribution in [0.1, 0.15) is 22.3 Å². The van der Waals surface area contributed by atoms with Gasteiger partial charge in [-0.25, -0.2) is 0 Å². The molecule has 3 nitrogen and oxygen atoms in total. The summed E-state index contributed by atoms with van der Waals surface area (Å²) in [5.41, 5.74) is 16.0. The lowest BCUT2D eigenvalue weighted by Crippen LogP contribution is -2.28. The molecule has 1 aliphatic carbocycles. The van der Waals surface area contributed by atoms with Crippen LogP contribution in [0.3, 0.4) is 0 Å². The van der Waals surface area contributed by atoms with Gasteiger partial charge in [0.25, 0.3) is 0 Å². The number of hydrogen-bond donors (Lipinski definition) is 0. The van der Waals surface area contributed by atoms with Gasteiger partial charge in [0.2, 0.25) is 0 Å². The number of anilines is 3. The van der Waals surface area contributed by atoms with E-state index in [0.29, 0.717) is 0 Å². The normalized spacial score (nSPS) is 13.0. The van der Waals surface area contributed by atoms with E-state index in [1.54, 1.807) is 0 Å². The van der Waals surface area contributed by atoms with Gasteiger partial charge < -0.3 is 13.7 Å². The lowest BCUT2D eigenvalue weighted by Gasteiger charge is -2.35. The van der Waals surface area contributed by atoms with Crippen LogP contribution in [0.4, 0.5) is 17.1 Å². The lowest BCUT2D eigenvalue weighted by atomic mass is 9.67. The zero-order valence-corrected chi connectivity index (χ0v) is 33.6. The molecule has 0 aliphatic heterocycles. The van der Waals surface area contributed by atoms with E-state index in [4.69, 9.17) is 8.83 Å². The van der Waals surface area contributed by atoms with Gasteiger partial charge in [-0.15, -0.1) is 0 Å². The van der Waals surface area contributed by atoms with Gasteiger partial charge in [0.05, 0.1) is 5.41 Å². The molecular formula is C59H37NO2. The van der Waals surface area contributed by atoms with Crippen molar-refractivity contribution in [2.45, 2.75) is 5.41 Å². The maximum Gasteiger partial charge on any atom is 0.137 e. The van der Waals surface area contributed by atoms with Crippen molar-refractivity contribution in [2.24, 2.45) is 0 Å². The number of para-hydroxylation sites is 1. The Morgan fingerprint density at radius 1 is 0.306 bits per heavy atom. The Hall–Kier alpha value is -8.14. The molecule has 0 atom stereocenters. The van der Waals surface area contributed by atoms with Crippen LogP contribution < -0.4 is 4.90 Å². The number of benzene rings is 10. The van der Waals surface area contributed by atoms with Crippen LogP contribution in [0.15, 0.2) is 233 Å². The average molecular weight is 792 g/mol. The predicted molar refractivity (Wildman–Crippen MR) is 256 cm³/mol. The Kier molecular flexibility index (Phi) is 7.52. The number of fused-ring (bicyclic) bond motifs is 10. The first-order valence-electron chi connectivity index (χ1n) is 21.2. The third kappa shape index (κ3) is 5.12. The van der Waals surface area contributed by atoms with E-state index in [9.17, 15) is 0 Å². The molecule has 0 fully saturated rings. The van der Waals surface area contributed by atoms with Crippen LogP contribution in [-0.4, -0.2) is 0 Å². The van der Waals surface area contributed by atoms with Gasteiger partial charge in [0.1, 0.15) is 22.3 Å². The molecule has 2 aromatic heterocycles. The molecule has 0 unspecified atom stereocenters. The fourth-order valence-corrected chi connectivity index (χ4v) is 10.3. The van der Waals surface area contributed by atoms with Gasteiger partial charge in [-0.05, 0) is 122 Å². The highest BCUT2D eigenvalue weighted by Gasteiger charge is 2.46. The minimum absolute atomic E-state index is 0.523. The van der Waals surface area contributed by atoms with Gasteiger partial charge in [0, 0.05) is 44.7 Å². The number of hydrogen-bond acceptors (Lipinski definition) is 3. The molecule has 0 spiro atoms. The summed E-state index contributed by atoms with van der Waals surface area (Å²) >= 11 is 0. The van der Waals surface area contributed by atoms with Gasteiger partial charge in [-0.1, -0.05) is 152 Å². The van der Waals surface area contributed by atoms with Crippen molar-refractivity contribution >= 4 is 71.7 Å². The zero-order valence-electron chi connectivity index (χ0n) is 33.6. The molecule has 0 amide bonds. The summed E-state index contributed by atoms with van der Waals surface area (Å²) in [7, 11) is 0. The van der Waals surface area contributed by atoms with Crippen LogP contribution >= 0.6 is 0 Å². The SMILES string of the molecule is c1ccc(-c2ccc(N(c3cccc(C4(c5ccccc5)c5ccccc5-c5ccccc54)c3)c3ccc4c(c3)oc3cc5cc6c(cc5cc34)oc3ccccc36)cc2)cc1. The molecule has 0 saturated carbocycles. The van der Waals surface area contributed by atoms with E-state index < -0.39 is 5.41 Å². The van der Waals surface area contributed by atoms with E-state index in [2.05, 4.69) is 217 Å². The van der Waals surface area contributed by atoms with Crippen molar-refractivity contribution < 1.29 is 8.83 Å². The van der Waals surface area contributed by atoms with Crippen molar-refractivity contribution in [2.75, 3.05) is 4.90 Å². The minimum Gasteiger partial charge on any atom is -0.456 e. The molecule has 290 valence electrons. The molecule has 0 saturated heterocycles. The molecule has 3 heteroatoms. The smallest absolute Gasteiger partial charge is 0.137 e. The van der Waals surface area contributed by atoms with Crippen LogP contribution in [0, 0.1) is 0 Å². The highest BCUT2D eigenvalue weighted by atomic mass is 16.3. The monoisotopic (exact) mass is 791 g/mol. The first-order valence-corrected chi connectivity index (χ1v) is 21.2. The summed E-state index contributed by atoms with van der Waals surface area (Å²) in [6.07, 6.45) is 0. The maximum absolute atomic E-state index is 6.79. The fraction of sp³-hybridized carbons (Fsp3) is 0.0169. The van der Waals surface area contributed by atoms with E-state index in [-0.39, 0.29) is 0 Å². The average Bonchev–Trinajstić information content (AvgIpc) is 3.98. The molecule has 2 heterocycles. The van der Waals surface area contributed by atoms with Crippen molar-refractivity contribution in [3.63, 3.8) is 0 Å². The Balaban J connectivity index is 1.00. The van der Waals surface area contributed by atoms with E-state index in [1.807, 2.05) is 12.1 Å². The molecule has 10 aromatic carbocycles.